The Hall–Kier alpha value is -2.20. The molecule has 2 aromatic rings. The van der Waals surface area contributed by atoms with Gasteiger partial charge in [0.15, 0.2) is 5.78 Å². The van der Waals surface area contributed by atoms with E-state index >= 15 is 0 Å². The van der Waals surface area contributed by atoms with Crippen molar-refractivity contribution in [2.45, 2.75) is 6.92 Å². The smallest absolute Gasteiger partial charge is 0.161 e. The zero-order valence-electron chi connectivity index (χ0n) is 11.2. The maximum atomic E-state index is 11.3. The van der Waals surface area contributed by atoms with E-state index in [0.717, 1.165) is 5.69 Å². The summed E-state index contributed by atoms with van der Waals surface area (Å²) in [7, 11) is 1.59. The quantitative estimate of drug-likeness (QED) is 0.662. The third kappa shape index (κ3) is 3.03. The number of carbonyl (C=O) groups excluding carboxylic acids is 1. The molecule has 0 saturated heterocycles. The number of anilines is 3. The Morgan fingerprint density at radius 2 is 2.00 bits per heavy atom. The largest absolute Gasteiger partial charge is 0.497 e. The van der Waals surface area contributed by atoms with Crippen molar-refractivity contribution in [3.63, 3.8) is 0 Å². The highest BCUT2D eigenvalue weighted by Crippen LogP contribution is 2.30. The Morgan fingerprint density at radius 1 is 1.25 bits per heavy atom. The maximum Gasteiger partial charge on any atom is 0.161 e. The van der Waals surface area contributed by atoms with E-state index in [9.17, 15) is 4.79 Å². The van der Waals surface area contributed by atoms with Crippen molar-refractivity contribution in [1.29, 1.82) is 0 Å². The molecule has 0 aliphatic heterocycles. The first-order chi connectivity index (χ1) is 9.51. The molecule has 0 saturated carbocycles. The van der Waals surface area contributed by atoms with E-state index in [2.05, 4.69) is 5.32 Å². The van der Waals surface area contributed by atoms with Crippen LogP contribution in [0.5, 0.6) is 5.75 Å². The summed E-state index contributed by atoms with van der Waals surface area (Å²) in [5.74, 6) is 0.638. The lowest BCUT2D eigenvalue weighted by molar-refractivity contribution is 0.101. The molecule has 0 spiro atoms. The molecule has 2 aromatic carbocycles. The number of carbonyl (C=O) groups is 1. The highest BCUT2D eigenvalue weighted by atomic mass is 35.5. The van der Waals surface area contributed by atoms with E-state index in [0.29, 0.717) is 27.7 Å². The van der Waals surface area contributed by atoms with Crippen molar-refractivity contribution in [2.24, 2.45) is 0 Å². The van der Waals surface area contributed by atoms with Crippen LogP contribution in [0.3, 0.4) is 0 Å². The molecule has 0 aliphatic rings. The summed E-state index contributed by atoms with van der Waals surface area (Å²) >= 11 is 6.12. The fraction of sp³-hybridized carbons (Fsp3) is 0.133. The molecule has 0 amide bonds. The van der Waals surface area contributed by atoms with E-state index in [4.69, 9.17) is 22.1 Å². The van der Waals surface area contributed by atoms with Crippen molar-refractivity contribution < 1.29 is 9.53 Å². The van der Waals surface area contributed by atoms with Crippen LogP contribution in [0, 0.1) is 0 Å². The molecule has 2 rings (SSSR count). The van der Waals surface area contributed by atoms with Gasteiger partial charge in [-0.25, -0.2) is 0 Å². The van der Waals surface area contributed by atoms with Crippen LogP contribution in [0.1, 0.15) is 17.3 Å². The zero-order valence-corrected chi connectivity index (χ0v) is 12.0. The van der Waals surface area contributed by atoms with Crippen molar-refractivity contribution >= 4 is 34.4 Å². The molecule has 0 atom stereocenters. The molecule has 0 radical (unpaired) electrons. The molecule has 20 heavy (non-hydrogen) atoms. The molecular formula is C15H15ClN2O2. The van der Waals surface area contributed by atoms with Gasteiger partial charge >= 0.3 is 0 Å². The van der Waals surface area contributed by atoms with Crippen LogP contribution in [0.25, 0.3) is 0 Å². The molecule has 4 nitrogen and oxygen atoms in total. The highest BCUT2D eigenvalue weighted by Gasteiger charge is 2.07. The molecule has 0 aromatic heterocycles. The molecule has 0 unspecified atom stereocenters. The van der Waals surface area contributed by atoms with Gasteiger partial charge in [-0.05, 0) is 37.3 Å². The third-order valence-electron chi connectivity index (χ3n) is 2.88. The Labute approximate surface area is 122 Å². The summed E-state index contributed by atoms with van der Waals surface area (Å²) in [5.41, 5.74) is 8.25. The molecule has 0 aliphatic carbocycles. The van der Waals surface area contributed by atoms with Gasteiger partial charge in [-0.15, -0.1) is 0 Å². The molecule has 0 bridgehead atoms. The van der Waals surface area contributed by atoms with Gasteiger partial charge in [-0.3, -0.25) is 4.79 Å². The van der Waals surface area contributed by atoms with Gasteiger partial charge in [0.2, 0.25) is 0 Å². The Morgan fingerprint density at radius 3 is 2.60 bits per heavy atom. The van der Waals surface area contributed by atoms with Crippen molar-refractivity contribution in [3.05, 3.63) is 47.0 Å². The number of halogens is 1. The van der Waals surface area contributed by atoms with Gasteiger partial charge in [0.25, 0.3) is 0 Å². The highest BCUT2D eigenvalue weighted by molar-refractivity contribution is 6.33. The molecule has 3 N–H and O–H groups in total. The Bertz CT molecular complexity index is 656. The first-order valence-corrected chi connectivity index (χ1v) is 6.40. The fourth-order valence-corrected chi connectivity index (χ4v) is 2.01. The first-order valence-electron chi connectivity index (χ1n) is 6.02. The average molecular weight is 291 g/mol. The predicted molar refractivity (Wildman–Crippen MR) is 82.1 cm³/mol. The van der Waals surface area contributed by atoms with Gasteiger partial charge < -0.3 is 15.8 Å². The van der Waals surface area contributed by atoms with Crippen LogP contribution < -0.4 is 15.8 Å². The van der Waals surface area contributed by atoms with Crippen LogP contribution in [-0.2, 0) is 0 Å². The van der Waals surface area contributed by atoms with E-state index < -0.39 is 0 Å². The van der Waals surface area contributed by atoms with Crippen LogP contribution >= 0.6 is 11.6 Å². The van der Waals surface area contributed by atoms with Gasteiger partial charge in [-0.2, -0.15) is 0 Å². The van der Waals surface area contributed by atoms with E-state index in [1.165, 1.54) is 6.92 Å². The second kappa shape index (κ2) is 5.84. The summed E-state index contributed by atoms with van der Waals surface area (Å²) in [4.78, 5) is 11.3. The minimum absolute atomic E-state index is 0.0616. The average Bonchev–Trinajstić information content (AvgIpc) is 2.41. The molecule has 104 valence electrons. The normalized spacial score (nSPS) is 10.2. The Kier molecular flexibility index (Phi) is 4.15. The number of Topliss-reactive ketones (excluding diaryl/α,β-unsaturated/α-hetero) is 1. The van der Waals surface area contributed by atoms with Crippen LogP contribution in [0.4, 0.5) is 17.1 Å². The van der Waals surface area contributed by atoms with Gasteiger partial charge in [0.05, 0.1) is 17.8 Å². The van der Waals surface area contributed by atoms with Gasteiger partial charge in [0, 0.05) is 23.0 Å². The lowest BCUT2D eigenvalue weighted by atomic mass is 10.1. The number of hydrogen-bond acceptors (Lipinski definition) is 4. The summed E-state index contributed by atoms with van der Waals surface area (Å²) in [6.07, 6.45) is 0. The minimum Gasteiger partial charge on any atom is -0.497 e. The predicted octanol–water partition coefficient (Wildman–Crippen LogP) is 3.88. The number of ketones is 1. The number of hydrogen-bond donors (Lipinski definition) is 2. The molecule has 5 heteroatoms. The SMILES string of the molecule is COc1ccc(Cl)c(Nc2ccc(C(C)=O)c(N)c2)c1. The number of methoxy groups -OCH3 is 1. The van der Waals surface area contributed by atoms with Crippen molar-refractivity contribution in [1.82, 2.24) is 0 Å². The summed E-state index contributed by atoms with van der Waals surface area (Å²) < 4.78 is 5.15. The number of nitrogens with one attached hydrogen (secondary N) is 1. The van der Waals surface area contributed by atoms with Gasteiger partial charge in [-0.1, -0.05) is 11.6 Å². The standard InChI is InChI=1S/C15H15ClN2O2/c1-9(19)12-5-3-10(7-14(12)17)18-15-8-11(20-2)4-6-13(15)16/h3-8,18H,17H2,1-2H3. The first kappa shape index (κ1) is 14.2. The number of nitrogens with two attached hydrogens (primary N) is 1. The summed E-state index contributed by atoms with van der Waals surface area (Å²) in [6.45, 7) is 1.48. The summed E-state index contributed by atoms with van der Waals surface area (Å²) in [6, 6.07) is 10.5. The lowest BCUT2D eigenvalue weighted by Crippen LogP contribution is -2.01. The van der Waals surface area contributed by atoms with E-state index in [-0.39, 0.29) is 5.78 Å². The van der Waals surface area contributed by atoms with Crippen molar-refractivity contribution in [3.8, 4) is 5.75 Å². The topological polar surface area (TPSA) is 64.3 Å². The number of nitrogen functional groups attached to an aromatic ring is 1. The lowest BCUT2D eigenvalue weighted by Gasteiger charge is -2.11. The second-order valence-corrected chi connectivity index (χ2v) is 4.74. The number of rotatable bonds is 4. The maximum absolute atomic E-state index is 11.3. The van der Waals surface area contributed by atoms with Gasteiger partial charge in [0.1, 0.15) is 5.75 Å². The number of benzene rings is 2. The molecule has 0 fully saturated rings. The van der Waals surface area contributed by atoms with Crippen molar-refractivity contribution in [2.75, 3.05) is 18.2 Å². The van der Waals surface area contributed by atoms with Crippen LogP contribution in [0.15, 0.2) is 36.4 Å². The fourth-order valence-electron chi connectivity index (χ4n) is 1.84. The second-order valence-electron chi connectivity index (χ2n) is 4.33. The van der Waals surface area contributed by atoms with Crippen LogP contribution in [-0.4, -0.2) is 12.9 Å². The molecular weight excluding hydrogens is 276 g/mol. The molecule has 0 heterocycles. The van der Waals surface area contributed by atoms with Crippen LogP contribution in [0.2, 0.25) is 5.02 Å². The number of ether oxygens (including phenoxy) is 1. The minimum atomic E-state index is -0.0616. The van der Waals surface area contributed by atoms with E-state index in [1.54, 1.807) is 43.5 Å². The third-order valence-corrected chi connectivity index (χ3v) is 3.21. The summed E-state index contributed by atoms with van der Waals surface area (Å²) in [5, 5.41) is 3.72. The van der Waals surface area contributed by atoms with E-state index in [1.807, 2.05) is 0 Å². The Balaban J connectivity index is 2.30. The zero-order chi connectivity index (χ0) is 14.7. The monoisotopic (exact) mass is 290 g/mol.